The molecule has 0 saturated heterocycles. The maximum atomic E-state index is 13.3. The highest BCUT2D eigenvalue weighted by Gasteiger charge is 2.10. The first-order valence-electron chi connectivity index (χ1n) is 8.35. The number of hydrogen-bond donors (Lipinski definition) is 1. The predicted molar refractivity (Wildman–Crippen MR) is 94.1 cm³/mol. The third-order valence-corrected chi connectivity index (χ3v) is 3.77. The van der Waals surface area contributed by atoms with Crippen LogP contribution in [0.25, 0.3) is 0 Å². The van der Waals surface area contributed by atoms with E-state index in [0.717, 1.165) is 17.8 Å². The van der Waals surface area contributed by atoms with Gasteiger partial charge in [0.1, 0.15) is 5.75 Å². The normalized spacial score (nSPS) is 10.6. The predicted octanol–water partition coefficient (Wildman–Crippen LogP) is 3.36. The van der Waals surface area contributed by atoms with Crippen LogP contribution in [0.5, 0.6) is 11.6 Å². The van der Waals surface area contributed by atoms with Gasteiger partial charge in [-0.25, -0.2) is 13.8 Å². The molecule has 0 aliphatic carbocycles. The van der Waals surface area contributed by atoms with Gasteiger partial charge in [-0.1, -0.05) is 6.07 Å². The second-order valence-corrected chi connectivity index (χ2v) is 5.89. The lowest BCUT2D eigenvalue weighted by Crippen LogP contribution is -2.24. The summed E-state index contributed by atoms with van der Waals surface area (Å²) in [6.45, 7) is 2.56. The van der Waals surface area contributed by atoms with Crippen molar-refractivity contribution in [3.05, 3.63) is 71.7 Å². The Morgan fingerprint density at radius 1 is 1.22 bits per heavy atom. The number of carbonyl (C=O) groups excluding carboxylic acids is 1. The Balaban J connectivity index is 1.58. The Bertz CT molecular complexity index is 943. The summed E-state index contributed by atoms with van der Waals surface area (Å²) in [5.41, 5.74) is 1.51. The van der Waals surface area contributed by atoms with Crippen molar-refractivity contribution in [2.75, 3.05) is 0 Å². The van der Waals surface area contributed by atoms with Crippen molar-refractivity contribution < 1.29 is 18.3 Å². The molecule has 140 valence electrons. The van der Waals surface area contributed by atoms with Crippen molar-refractivity contribution in [3.8, 4) is 11.6 Å². The molecule has 0 atom stereocenters. The Hall–Kier alpha value is -3.29. The summed E-state index contributed by atoms with van der Waals surface area (Å²) in [6, 6.07) is 8.53. The lowest BCUT2D eigenvalue weighted by atomic mass is 10.2. The number of aryl methyl sites for hydroxylation is 2. The molecule has 0 saturated carbocycles. The number of nitrogens with zero attached hydrogens (tertiary/aromatic N) is 3. The van der Waals surface area contributed by atoms with Gasteiger partial charge in [0, 0.05) is 43.5 Å². The number of carbonyl (C=O) groups is 1. The topological polar surface area (TPSA) is 69.0 Å². The number of nitrogens with one attached hydrogen (secondary N) is 1. The molecule has 0 aliphatic heterocycles. The molecule has 0 bridgehead atoms. The number of aromatic nitrogens is 3. The fourth-order valence-electron chi connectivity index (χ4n) is 2.39. The van der Waals surface area contributed by atoms with E-state index in [1.54, 1.807) is 16.8 Å². The van der Waals surface area contributed by atoms with Crippen LogP contribution >= 0.6 is 0 Å². The van der Waals surface area contributed by atoms with E-state index in [2.05, 4.69) is 15.4 Å². The van der Waals surface area contributed by atoms with Crippen molar-refractivity contribution in [1.82, 2.24) is 20.1 Å². The Labute approximate surface area is 154 Å². The summed E-state index contributed by atoms with van der Waals surface area (Å²) in [6.07, 6.45) is 3.61. The van der Waals surface area contributed by atoms with Crippen LogP contribution in [0.3, 0.4) is 0 Å². The minimum absolute atomic E-state index is 0.120. The molecule has 3 rings (SSSR count). The van der Waals surface area contributed by atoms with Crippen LogP contribution in [0.1, 0.15) is 17.7 Å². The lowest BCUT2D eigenvalue weighted by Gasteiger charge is -2.11. The molecule has 0 radical (unpaired) electrons. The van der Waals surface area contributed by atoms with Gasteiger partial charge in [-0.2, -0.15) is 5.10 Å². The van der Waals surface area contributed by atoms with Crippen LogP contribution in [-0.4, -0.2) is 20.7 Å². The second kappa shape index (κ2) is 8.39. The number of ether oxygens (including phenoxy) is 1. The van der Waals surface area contributed by atoms with Gasteiger partial charge < -0.3 is 10.1 Å². The Kier molecular flexibility index (Phi) is 5.75. The number of hydrogen-bond acceptors (Lipinski definition) is 4. The van der Waals surface area contributed by atoms with E-state index in [-0.39, 0.29) is 30.5 Å². The molecule has 0 unspecified atom stereocenters. The van der Waals surface area contributed by atoms with Gasteiger partial charge in [-0.3, -0.25) is 9.48 Å². The van der Waals surface area contributed by atoms with E-state index in [4.69, 9.17) is 4.74 Å². The van der Waals surface area contributed by atoms with Crippen molar-refractivity contribution in [2.45, 2.75) is 26.4 Å². The number of rotatable bonds is 7. The fourth-order valence-corrected chi connectivity index (χ4v) is 2.39. The minimum Gasteiger partial charge on any atom is -0.439 e. The third kappa shape index (κ3) is 5.10. The van der Waals surface area contributed by atoms with Crippen molar-refractivity contribution >= 4 is 5.91 Å². The molecule has 0 fully saturated rings. The summed E-state index contributed by atoms with van der Waals surface area (Å²) in [7, 11) is 0. The van der Waals surface area contributed by atoms with Crippen LogP contribution in [0.15, 0.2) is 48.8 Å². The standard InChI is InChI=1S/C19H18F2N4O2/c1-13-6-9-25(24-13)10-7-18(26)23-12-14-3-2-8-22-19(14)27-15-4-5-16(20)17(21)11-15/h2-6,8-9,11H,7,10,12H2,1H3,(H,23,26). The van der Waals surface area contributed by atoms with Crippen molar-refractivity contribution in [3.63, 3.8) is 0 Å². The molecule has 6 nitrogen and oxygen atoms in total. The van der Waals surface area contributed by atoms with E-state index in [1.807, 2.05) is 19.2 Å². The quantitative estimate of drug-likeness (QED) is 0.690. The molecule has 8 heteroatoms. The zero-order valence-electron chi connectivity index (χ0n) is 14.7. The number of pyridine rings is 1. The first-order chi connectivity index (χ1) is 13.0. The summed E-state index contributed by atoms with van der Waals surface area (Å²) in [4.78, 5) is 16.1. The van der Waals surface area contributed by atoms with Crippen LogP contribution in [-0.2, 0) is 17.9 Å². The van der Waals surface area contributed by atoms with Gasteiger partial charge >= 0.3 is 0 Å². The largest absolute Gasteiger partial charge is 0.439 e. The molecule has 2 heterocycles. The zero-order valence-corrected chi connectivity index (χ0v) is 14.7. The van der Waals surface area contributed by atoms with Crippen molar-refractivity contribution in [2.24, 2.45) is 0 Å². The van der Waals surface area contributed by atoms with Crippen molar-refractivity contribution in [1.29, 1.82) is 0 Å². The highest BCUT2D eigenvalue weighted by Crippen LogP contribution is 2.24. The van der Waals surface area contributed by atoms with Gasteiger partial charge in [0.25, 0.3) is 0 Å². The molecule has 0 spiro atoms. The Morgan fingerprint density at radius 2 is 2.07 bits per heavy atom. The van der Waals surface area contributed by atoms with Gasteiger partial charge in [0.15, 0.2) is 11.6 Å². The Morgan fingerprint density at radius 3 is 2.81 bits per heavy atom. The number of amides is 1. The van der Waals surface area contributed by atoms with E-state index < -0.39 is 11.6 Å². The molecule has 2 aromatic heterocycles. The molecule has 0 aliphatic rings. The van der Waals surface area contributed by atoms with Crippen LogP contribution in [0.4, 0.5) is 8.78 Å². The molecule has 1 N–H and O–H groups in total. The minimum atomic E-state index is -1.01. The maximum absolute atomic E-state index is 13.3. The molecule has 1 amide bonds. The SMILES string of the molecule is Cc1ccn(CCC(=O)NCc2cccnc2Oc2ccc(F)c(F)c2)n1. The average Bonchev–Trinajstić information content (AvgIpc) is 3.07. The number of halogens is 2. The first-order valence-corrected chi connectivity index (χ1v) is 8.35. The fraction of sp³-hybridized carbons (Fsp3) is 0.211. The smallest absolute Gasteiger partial charge is 0.224 e. The molecular weight excluding hydrogens is 354 g/mol. The maximum Gasteiger partial charge on any atom is 0.224 e. The second-order valence-electron chi connectivity index (χ2n) is 5.89. The summed E-state index contributed by atoms with van der Waals surface area (Å²) < 4.78 is 33.6. The van der Waals surface area contributed by atoms with Crippen LogP contribution in [0.2, 0.25) is 0 Å². The average molecular weight is 372 g/mol. The van der Waals surface area contributed by atoms with Crippen LogP contribution in [0, 0.1) is 18.6 Å². The molecular formula is C19H18F2N4O2. The van der Waals surface area contributed by atoms with Gasteiger partial charge in [0.05, 0.1) is 5.69 Å². The molecule has 27 heavy (non-hydrogen) atoms. The summed E-state index contributed by atoms with van der Waals surface area (Å²) >= 11 is 0. The lowest BCUT2D eigenvalue weighted by molar-refractivity contribution is -0.121. The zero-order chi connectivity index (χ0) is 19.2. The highest BCUT2D eigenvalue weighted by molar-refractivity contribution is 5.75. The van der Waals surface area contributed by atoms with Crippen LogP contribution < -0.4 is 10.1 Å². The monoisotopic (exact) mass is 372 g/mol. The number of benzene rings is 1. The van der Waals surface area contributed by atoms with E-state index in [9.17, 15) is 13.6 Å². The van der Waals surface area contributed by atoms with Gasteiger partial charge in [0.2, 0.25) is 11.8 Å². The highest BCUT2D eigenvalue weighted by atomic mass is 19.2. The summed E-state index contributed by atoms with van der Waals surface area (Å²) in [5, 5.41) is 7.01. The van der Waals surface area contributed by atoms with Gasteiger partial charge in [-0.15, -0.1) is 0 Å². The first kappa shape index (κ1) is 18.5. The summed E-state index contributed by atoms with van der Waals surface area (Å²) in [5.74, 6) is -1.78. The third-order valence-electron chi connectivity index (χ3n) is 3.77. The van der Waals surface area contributed by atoms with E-state index in [1.165, 1.54) is 12.3 Å². The molecule has 1 aromatic carbocycles. The van der Waals surface area contributed by atoms with Gasteiger partial charge in [-0.05, 0) is 31.2 Å². The van der Waals surface area contributed by atoms with E-state index in [0.29, 0.717) is 12.1 Å². The van der Waals surface area contributed by atoms with E-state index >= 15 is 0 Å². The molecule has 3 aromatic rings.